The van der Waals surface area contributed by atoms with Gasteiger partial charge < -0.3 is 15.7 Å². The van der Waals surface area contributed by atoms with E-state index in [-0.39, 0.29) is 0 Å². The Bertz CT molecular complexity index is 95.0. The molecule has 0 heterocycles. The van der Waals surface area contributed by atoms with Crippen LogP contribution in [0.1, 0.15) is 6.42 Å². The second kappa shape index (κ2) is 4.14. The fraction of sp³-hybridized carbons (Fsp3) is 0.800. The number of amides is 1. The maximum absolute atomic E-state index is 10.1. The van der Waals surface area contributed by atoms with Gasteiger partial charge in [-0.3, -0.25) is 0 Å². The highest BCUT2D eigenvalue weighted by Gasteiger charge is 2.01. The maximum atomic E-state index is 10.1. The minimum Gasteiger partial charge on any atom is -0.465 e. The van der Waals surface area contributed by atoms with E-state index in [1.807, 2.05) is 0 Å². The first-order valence-electron chi connectivity index (χ1n) is 2.82. The molecule has 54 valence electrons. The summed E-state index contributed by atoms with van der Waals surface area (Å²) in [5, 5.41) is 8.29. The van der Waals surface area contributed by atoms with Crippen molar-refractivity contribution in [1.29, 1.82) is 0 Å². The molecule has 0 atom stereocenters. The van der Waals surface area contributed by atoms with Gasteiger partial charge >= 0.3 is 6.09 Å². The smallest absolute Gasteiger partial charge is 0.407 e. The number of nitrogens with zero attached hydrogens (tertiary/aromatic N) is 1. The van der Waals surface area contributed by atoms with E-state index < -0.39 is 6.09 Å². The summed E-state index contributed by atoms with van der Waals surface area (Å²) in [7, 11) is 1.53. The van der Waals surface area contributed by atoms with E-state index >= 15 is 0 Å². The minimum atomic E-state index is -0.900. The van der Waals surface area contributed by atoms with Gasteiger partial charge in [-0.05, 0) is 13.0 Å². The van der Waals surface area contributed by atoms with Crippen molar-refractivity contribution in [1.82, 2.24) is 4.90 Å². The molecule has 1 amide bonds. The zero-order valence-electron chi connectivity index (χ0n) is 5.50. The fourth-order valence-corrected chi connectivity index (χ4v) is 0.424. The standard InChI is InChI=1S/C5H12N2O2/c1-7(5(8)9)4-2-3-6/h2-4,6H2,1H3,(H,8,9). The third-order valence-corrected chi connectivity index (χ3v) is 1.02. The Morgan fingerprint density at radius 2 is 2.33 bits per heavy atom. The molecule has 0 saturated heterocycles. The largest absolute Gasteiger partial charge is 0.465 e. The molecule has 0 unspecified atom stereocenters. The van der Waals surface area contributed by atoms with Crippen LogP contribution in [0.2, 0.25) is 0 Å². The van der Waals surface area contributed by atoms with Gasteiger partial charge in [-0.2, -0.15) is 0 Å². The molecule has 0 saturated carbocycles. The average molecular weight is 132 g/mol. The van der Waals surface area contributed by atoms with Gasteiger partial charge in [0.2, 0.25) is 0 Å². The van der Waals surface area contributed by atoms with Gasteiger partial charge in [-0.1, -0.05) is 0 Å². The average Bonchev–Trinajstić information content (AvgIpc) is 1.82. The van der Waals surface area contributed by atoms with Crippen LogP contribution in [0.25, 0.3) is 0 Å². The van der Waals surface area contributed by atoms with Crippen molar-refractivity contribution in [2.45, 2.75) is 6.42 Å². The van der Waals surface area contributed by atoms with Crippen LogP contribution in [0.15, 0.2) is 0 Å². The molecule has 4 heteroatoms. The summed E-state index contributed by atoms with van der Waals surface area (Å²) < 4.78 is 0. The quantitative estimate of drug-likeness (QED) is 0.565. The van der Waals surface area contributed by atoms with E-state index in [1.54, 1.807) is 0 Å². The van der Waals surface area contributed by atoms with Crippen LogP contribution in [0.5, 0.6) is 0 Å². The molecule has 3 N–H and O–H groups in total. The molecule has 0 aliphatic rings. The molecule has 0 aliphatic heterocycles. The normalized spacial score (nSPS) is 9.11. The summed E-state index contributed by atoms with van der Waals surface area (Å²) in [4.78, 5) is 11.3. The lowest BCUT2D eigenvalue weighted by Gasteiger charge is -2.10. The Hall–Kier alpha value is -0.770. The van der Waals surface area contributed by atoms with Gasteiger partial charge in [0.25, 0.3) is 0 Å². The third kappa shape index (κ3) is 3.78. The Balaban J connectivity index is 3.27. The molecular weight excluding hydrogens is 120 g/mol. The Morgan fingerprint density at radius 1 is 1.78 bits per heavy atom. The monoisotopic (exact) mass is 132 g/mol. The molecule has 0 aromatic rings. The molecule has 0 rings (SSSR count). The minimum absolute atomic E-state index is 0.520. The van der Waals surface area contributed by atoms with Crippen molar-refractivity contribution in [3.63, 3.8) is 0 Å². The van der Waals surface area contributed by atoms with Gasteiger partial charge in [-0.25, -0.2) is 4.79 Å². The highest BCUT2D eigenvalue weighted by atomic mass is 16.4. The van der Waals surface area contributed by atoms with Crippen LogP contribution in [0, 0.1) is 0 Å². The van der Waals surface area contributed by atoms with E-state index in [9.17, 15) is 4.79 Å². The predicted molar refractivity (Wildman–Crippen MR) is 34.3 cm³/mol. The first kappa shape index (κ1) is 8.23. The highest BCUT2D eigenvalue weighted by Crippen LogP contribution is 1.84. The van der Waals surface area contributed by atoms with Crippen LogP contribution in [-0.4, -0.2) is 36.2 Å². The summed E-state index contributed by atoms with van der Waals surface area (Å²) in [6, 6.07) is 0. The first-order chi connectivity index (χ1) is 4.18. The summed E-state index contributed by atoms with van der Waals surface area (Å²) in [5.41, 5.74) is 5.16. The summed E-state index contributed by atoms with van der Waals surface area (Å²) in [6.07, 6.45) is -0.175. The summed E-state index contributed by atoms with van der Waals surface area (Å²) >= 11 is 0. The SMILES string of the molecule is CN(CCCN)C(=O)O. The molecule has 0 aromatic carbocycles. The Kier molecular flexibility index (Phi) is 3.79. The maximum Gasteiger partial charge on any atom is 0.407 e. The number of carbonyl (C=O) groups is 1. The lowest BCUT2D eigenvalue weighted by Crippen LogP contribution is -2.26. The van der Waals surface area contributed by atoms with Crippen molar-refractivity contribution in [2.24, 2.45) is 5.73 Å². The predicted octanol–water partition coefficient (Wildman–Crippen LogP) is -0.0550. The second-order valence-electron chi connectivity index (χ2n) is 1.85. The molecule has 0 radical (unpaired) electrons. The van der Waals surface area contributed by atoms with Crippen molar-refractivity contribution in [2.75, 3.05) is 20.1 Å². The van der Waals surface area contributed by atoms with Gasteiger partial charge in [0.15, 0.2) is 0 Å². The van der Waals surface area contributed by atoms with Crippen LogP contribution in [0.3, 0.4) is 0 Å². The Morgan fingerprint density at radius 3 is 2.67 bits per heavy atom. The van der Waals surface area contributed by atoms with E-state index in [0.717, 1.165) is 6.42 Å². The fourth-order valence-electron chi connectivity index (χ4n) is 0.424. The van der Waals surface area contributed by atoms with Crippen molar-refractivity contribution in [3.05, 3.63) is 0 Å². The molecule has 9 heavy (non-hydrogen) atoms. The number of hydrogen-bond acceptors (Lipinski definition) is 2. The van der Waals surface area contributed by atoms with E-state index in [4.69, 9.17) is 10.8 Å². The molecular formula is C5H12N2O2. The summed E-state index contributed by atoms with van der Waals surface area (Å²) in [5.74, 6) is 0. The molecule has 0 bridgehead atoms. The van der Waals surface area contributed by atoms with Crippen molar-refractivity contribution < 1.29 is 9.90 Å². The van der Waals surface area contributed by atoms with Crippen LogP contribution < -0.4 is 5.73 Å². The third-order valence-electron chi connectivity index (χ3n) is 1.02. The van der Waals surface area contributed by atoms with Crippen LogP contribution >= 0.6 is 0 Å². The lowest BCUT2D eigenvalue weighted by molar-refractivity contribution is 0.156. The van der Waals surface area contributed by atoms with E-state index in [1.165, 1.54) is 11.9 Å². The second-order valence-corrected chi connectivity index (χ2v) is 1.85. The summed E-state index contributed by atoms with van der Waals surface area (Å²) in [6.45, 7) is 1.06. The van der Waals surface area contributed by atoms with E-state index in [0.29, 0.717) is 13.1 Å². The van der Waals surface area contributed by atoms with Gasteiger partial charge in [0.05, 0.1) is 0 Å². The van der Waals surface area contributed by atoms with Crippen LogP contribution in [0.4, 0.5) is 4.79 Å². The lowest BCUT2D eigenvalue weighted by atomic mass is 10.4. The van der Waals surface area contributed by atoms with Crippen molar-refractivity contribution in [3.8, 4) is 0 Å². The van der Waals surface area contributed by atoms with Gasteiger partial charge in [0, 0.05) is 13.6 Å². The number of carboxylic acid groups (broad SMARTS) is 1. The van der Waals surface area contributed by atoms with E-state index in [2.05, 4.69) is 0 Å². The zero-order valence-corrected chi connectivity index (χ0v) is 5.50. The molecule has 0 aromatic heterocycles. The van der Waals surface area contributed by atoms with Gasteiger partial charge in [0.1, 0.15) is 0 Å². The first-order valence-corrected chi connectivity index (χ1v) is 2.82. The van der Waals surface area contributed by atoms with Crippen molar-refractivity contribution >= 4 is 6.09 Å². The molecule has 0 fully saturated rings. The zero-order chi connectivity index (χ0) is 7.28. The van der Waals surface area contributed by atoms with Crippen LogP contribution in [-0.2, 0) is 0 Å². The molecule has 4 nitrogen and oxygen atoms in total. The molecule has 0 spiro atoms. The topological polar surface area (TPSA) is 66.6 Å². The highest BCUT2D eigenvalue weighted by molar-refractivity contribution is 5.64. The number of nitrogens with two attached hydrogens (primary N) is 1. The molecule has 0 aliphatic carbocycles. The number of rotatable bonds is 3. The van der Waals surface area contributed by atoms with Gasteiger partial charge in [-0.15, -0.1) is 0 Å². The Labute approximate surface area is 54.3 Å². The number of hydrogen-bond donors (Lipinski definition) is 2.